The van der Waals surface area contributed by atoms with Gasteiger partial charge in [0.05, 0.1) is 10.9 Å². The maximum absolute atomic E-state index is 12.8. The smallest absolute Gasteiger partial charge is 0.277 e. The average Bonchev–Trinajstić information content (AvgIpc) is 2.61. The van der Waals surface area contributed by atoms with Crippen molar-refractivity contribution in [1.29, 1.82) is 0 Å². The van der Waals surface area contributed by atoms with E-state index in [0.29, 0.717) is 17.1 Å². The SMILES string of the molecule is C/C(CC(=O)Nc1ccc(F)cc1)=N\NC(=O)COc1ccc(C)cc1Br. The second-order valence-corrected chi connectivity index (χ2v) is 6.69. The summed E-state index contributed by atoms with van der Waals surface area (Å²) in [5, 5.41) is 6.49. The van der Waals surface area contributed by atoms with Gasteiger partial charge < -0.3 is 10.1 Å². The van der Waals surface area contributed by atoms with E-state index in [4.69, 9.17) is 4.74 Å². The summed E-state index contributed by atoms with van der Waals surface area (Å²) >= 11 is 3.37. The fourth-order valence-electron chi connectivity index (χ4n) is 2.07. The van der Waals surface area contributed by atoms with Gasteiger partial charge in [-0.1, -0.05) is 6.07 Å². The summed E-state index contributed by atoms with van der Waals surface area (Å²) in [5.74, 6) is -0.596. The van der Waals surface area contributed by atoms with Crippen LogP contribution in [-0.2, 0) is 9.59 Å². The molecular formula is C19H19BrFN3O3. The molecule has 8 heteroatoms. The third-order valence-corrected chi connectivity index (χ3v) is 3.98. The van der Waals surface area contributed by atoms with E-state index in [2.05, 4.69) is 31.8 Å². The molecule has 2 N–H and O–H groups in total. The number of halogens is 2. The molecule has 2 aromatic rings. The molecule has 2 aromatic carbocycles. The lowest BCUT2D eigenvalue weighted by molar-refractivity contribution is -0.123. The van der Waals surface area contributed by atoms with Crippen molar-refractivity contribution in [2.45, 2.75) is 20.3 Å². The third kappa shape index (κ3) is 7.18. The van der Waals surface area contributed by atoms with Gasteiger partial charge in [-0.25, -0.2) is 9.82 Å². The second-order valence-electron chi connectivity index (χ2n) is 5.84. The lowest BCUT2D eigenvalue weighted by Gasteiger charge is -2.08. The zero-order chi connectivity index (χ0) is 19.8. The van der Waals surface area contributed by atoms with Crippen molar-refractivity contribution in [3.63, 3.8) is 0 Å². The summed E-state index contributed by atoms with van der Waals surface area (Å²) in [6.07, 6.45) is -0.0119. The van der Waals surface area contributed by atoms with E-state index in [1.54, 1.807) is 13.0 Å². The Morgan fingerprint density at radius 3 is 2.52 bits per heavy atom. The lowest BCUT2D eigenvalue weighted by Crippen LogP contribution is -2.26. The number of hydrazone groups is 1. The molecule has 142 valence electrons. The number of carbonyl (C=O) groups excluding carboxylic acids is 2. The lowest BCUT2D eigenvalue weighted by atomic mass is 10.2. The monoisotopic (exact) mass is 435 g/mol. The van der Waals surface area contributed by atoms with Crippen LogP contribution in [-0.4, -0.2) is 24.1 Å². The van der Waals surface area contributed by atoms with Gasteiger partial charge in [-0.05, 0) is 71.7 Å². The Balaban J connectivity index is 1.77. The normalized spacial score (nSPS) is 11.0. The van der Waals surface area contributed by atoms with E-state index in [-0.39, 0.29) is 24.8 Å². The number of benzene rings is 2. The highest BCUT2D eigenvalue weighted by molar-refractivity contribution is 9.10. The van der Waals surface area contributed by atoms with Crippen molar-refractivity contribution in [3.8, 4) is 5.75 Å². The van der Waals surface area contributed by atoms with Crippen LogP contribution < -0.4 is 15.5 Å². The minimum absolute atomic E-state index is 0.0119. The van der Waals surface area contributed by atoms with Crippen LogP contribution in [0.1, 0.15) is 18.9 Å². The Hall–Kier alpha value is -2.74. The maximum atomic E-state index is 12.8. The van der Waals surface area contributed by atoms with E-state index in [9.17, 15) is 14.0 Å². The molecule has 0 aromatic heterocycles. The van der Waals surface area contributed by atoms with Crippen molar-refractivity contribution < 1.29 is 18.7 Å². The molecule has 0 aliphatic rings. The highest BCUT2D eigenvalue weighted by atomic mass is 79.9. The molecule has 0 spiro atoms. The molecule has 0 saturated heterocycles. The summed E-state index contributed by atoms with van der Waals surface area (Å²) in [6, 6.07) is 11.0. The summed E-state index contributed by atoms with van der Waals surface area (Å²) in [5.41, 5.74) is 4.30. The van der Waals surface area contributed by atoms with Crippen molar-refractivity contribution in [2.75, 3.05) is 11.9 Å². The minimum Gasteiger partial charge on any atom is -0.483 e. The highest BCUT2D eigenvalue weighted by Gasteiger charge is 2.08. The molecule has 0 saturated carbocycles. The molecule has 27 heavy (non-hydrogen) atoms. The zero-order valence-corrected chi connectivity index (χ0v) is 16.5. The summed E-state index contributed by atoms with van der Waals surface area (Å²) < 4.78 is 19.0. The number of rotatable bonds is 7. The first kappa shape index (κ1) is 20.6. The standard InChI is InChI=1S/C19H19BrFN3O3/c1-12-3-8-17(16(20)9-12)27-11-19(26)24-23-13(2)10-18(25)22-15-6-4-14(21)5-7-15/h3-9H,10-11H2,1-2H3,(H,22,25)(H,24,26)/b23-13+. The van der Waals surface area contributed by atoms with Crippen LogP contribution in [0.2, 0.25) is 0 Å². The van der Waals surface area contributed by atoms with Crippen LogP contribution in [0.3, 0.4) is 0 Å². The molecule has 0 unspecified atom stereocenters. The first-order chi connectivity index (χ1) is 12.8. The van der Waals surface area contributed by atoms with Gasteiger partial charge in [-0.2, -0.15) is 5.10 Å². The molecular weight excluding hydrogens is 417 g/mol. The van der Waals surface area contributed by atoms with Gasteiger partial charge in [-0.15, -0.1) is 0 Å². The number of nitrogens with one attached hydrogen (secondary N) is 2. The van der Waals surface area contributed by atoms with E-state index in [1.165, 1.54) is 24.3 Å². The topological polar surface area (TPSA) is 79.8 Å². The van der Waals surface area contributed by atoms with Crippen molar-refractivity contribution in [1.82, 2.24) is 5.43 Å². The summed E-state index contributed by atoms with van der Waals surface area (Å²) in [7, 11) is 0. The van der Waals surface area contributed by atoms with E-state index < -0.39 is 5.91 Å². The van der Waals surface area contributed by atoms with Gasteiger partial charge in [0.2, 0.25) is 5.91 Å². The molecule has 0 atom stereocenters. The third-order valence-electron chi connectivity index (χ3n) is 3.36. The van der Waals surface area contributed by atoms with E-state index in [0.717, 1.165) is 10.0 Å². The van der Waals surface area contributed by atoms with Crippen LogP contribution in [0.5, 0.6) is 5.75 Å². The Morgan fingerprint density at radius 1 is 1.15 bits per heavy atom. The molecule has 0 aliphatic heterocycles. The van der Waals surface area contributed by atoms with Gasteiger partial charge in [0, 0.05) is 11.4 Å². The van der Waals surface area contributed by atoms with Gasteiger partial charge >= 0.3 is 0 Å². The Labute approximate surface area is 164 Å². The predicted octanol–water partition coefficient (Wildman–Crippen LogP) is 3.80. The number of anilines is 1. The molecule has 0 aliphatic carbocycles. The summed E-state index contributed by atoms with van der Waals surface area (Å²) in [4.78, 5) is 23.7. The van der Waals surface area contributed by atoms with Crippen LogP contribution in [0, 0.1) is 12.7 Å². The van der Waals surface area contributed by atoms with E-state index in [1.807, 2.05) is 19.1 Å². The number of nitrogens with zero attached hydrogens (tertiary/aromatic N) is 1. The minimum atomic E-state index is -0.444. The first-order valence-corrected chi connectivity index (χ1v) is 8.89. The Morgan fingerprint density at radius 2 is 1.85 bits per heavy atom. The van der Waals surface area contributed by atoms with E-state index >= 15 is 0 Å². The van der Waals surface area contributed by atoms with Crippen molar-refractivity contribution >= 4 is 39.1 Å². The Kier molecular flexibility index (Phi) is 7.48. The molecule has 0 radical (unpaired) electrons. The molecule has 6 nitrogen and oxygen atoms in total. The molecule has 0 heterocycles. The number of hydrogen-bond donors (Lipinski definition) is 2. The molecule has 0 bridgehead atoms. The predicted molar refractivity (Wildman–Crippen MR) is 105 cm³/mol. The average molecular weight is 436 g/mol. The summed E-state index contributed by atoms with van der Waals surface area (Å²) in [6.45, 7) is 3.35. The fraction of sp³-hybridized carbons (Fsp3) is 0.211. The number of aryl methyl sites for hydroxylation is 1. The molecule has 2 amide bonds. The van der Waals surface area contributed by atoms with Crippen molar-refractivity contribution in [3.05, 3.63) is 58.3 Å². The van der Waals surface area contributed by atoms with Crippen LogP contribution >= 0.6 is 15.9 Å². The van der Waals surface area contributed by atoms with Gasteiger partial charge in [-0.3, -0.25) is 9.59 Å². The van der Waals surface area contributed by atoms with Gasteiger partial charge in [0.25, 0.3) is 5.91 Å². The zero-order valence-electron chi connectivity index (χ0n) is 14.9. The fourth-order valence-corrected chi connectivity index (χ4v) is 2.67. The molecule has 0 fully saturated rings. The van der Waals surface area contributed by atoms with Crippen LogP contribution in [0.25, 0.3) is 0 Å². The molecule has 2 rings (SSSR count). The number of carbonyl (C=O) groups is 2. The van der Waals surface area contributed by atoms with Crippen molar-refractivity contribution in [2.24, 2.45) is 5.10 Å². The highest BCUT2D eigenvalue weighted by Crippen LogP contribution is 2.25. The quantitative estimate of drug-likeness (QED) is 0.512. The van der Waals surface area contributed by atoms with Crippen LogP contribution in [0.15, 0.2) is 52.0 Å². The second kappa shape index (κ2) is 9.82. The Bertz CT molecular complexity index is 854. The number of hydrogen-bond acceptors (Lipinski definition) is 4. The number of amides is 2. The van der Waals surface area contributed by atoms with Gasteiger partial charge in [0.15, 0.2) is 6.61 Å². The number of ether oxygens (including phenoxy) is 1. The first-order valence-electron chi connectivity index (χ1n) is 8.10. The van der Waals surface area contributed by atoms with Gasteiger partial charge in [0.1, 0.15) is 11.6 Å². The van der Waals surface area contributed by atoms with Crippen LogP contribution in [0.4, 0.5) is 10.1 Å². The largest absolute Gasteiger partial charge is 0.483 e. The maximum Gasteiger partial charge on any atom is 0.277 e.